The molecule has 1 amide bonds. The zero-order chi connectivity index (χ0) is 20.4. The molecule has 9 heteroatoms. The largest absolute Gasteiger partial charge is 0.301 e. The van der Waals surface area contributed by atoms with E-state index in [9.17, 15) is 13.2 Å². The van der Waals surface area contributed by atoms with Crippen molar-refractivity contribution in [3.8, 4) is 11.3 Å². The van der Waals surface area contributed by atoms with E-state index in [1.165, 1.54) is 15.6 Å². The predicted octanol–water partition coefficient (Wildman–Crippen LogP) is 3.31. The molecule has 1 atom stereocenters. The van der Waals surface area contributed by atoms with Crippen LogP contribution < -0.4 is 5.32 Å². The first-order chi connectivity index (χ1) is 13.9. The summed E-state index contributed by atoms with van der Waals surface area (Å²) < 4.78 is 27.4. The first kappa shape index (κ1) is 19.7. The van der Waals surface area contributed by atoms with Crippen LogP contribution in [0.4, 0.5) is 5.13 Å². The number of amides is 1. The van der Waals surface area contributed by atoms with Gasteiger partial charge in [0.15, 0.2) is 5.13 Å². The average Bonchev–Trinajstić information content (AvgIpc) is 3.39. The normalized spacial score (nSPS) is 17.3. The summed E-state index contributed by atoms with van der Waals surface area (Å²) in [6.45, 7) is 2.23. The molecule has 1 N–H and O–H groups in total. The van der Waals surface area contributed by atoms with E-state index in [4.69, 9.17) is 0 Å². The zero-order valence-electron chi connectivity index (χ0n) is 15.8. The zero-order valence-corrected chi connectivity index (χ0v) is 17.4. The molecule has 3 aromatic rings. The minimum Gasteiger partial charge on any atom is -0.301 e. The van der Waals surface area contributed by atoms with Gasteiger partial charge in [-0.1, -0.05) is 17.7 Å². The van der Waals surface area contributed by atoms with Crippen molar-refractivity contribution in [2.75, 3.05) is 11.9 Å². The Labute approximate surface area is 173 Å². The molecule has 1 fully saturated rings. The molecule has 0 aliphatic carbocycles. The van der Waals surface area contributed by atoms with E-state index in [1.54, 1.807) is 36.7 Å². The Morgan fingerprint density at radius 2 is 2.03 bits per heavy atom. The van der Waals surface area contributed by atoms with Crippen LogP contribution in [0.1, 0.15) is 18.4 Å². The van der Waals surface area contributed by atoms with Crippen molar-refractivity contribution in [1.29, 1.82) is 0 Å². The number of rotatable bonds is 5. The molecule has 1 aliphatic rings. The first-order valence-corrected chi connectivity index (χ1v) is 11.5. The number of aryl methyl sites for hydroxylation is 1. The van der Waals surface area contributed by atoms with E-state index >= 15 is 0 Å². The van der Waals surface area contributed by atoms with Crippen LogP contribution in [0.25, 0.3) is 11.3 Å². The fourth-order valence-electron chi connectivity index (χ4n) is 3.30. The quantitative estimate of drug-likeness (QED) is 0.673. The van der Waals surface area contributed by atoms with Crippen LogP contribution in [0.15, 0.2) is 59.1 Å². The highest BCUT2D eigenvalue weighted by molar-refractivity contribution is 7.89. The number of hydrogen-bond donors (Lipinski definition) is 1. The van der Waals surface area contributed by atoms with E-state index in [1.807, 2.05) is 24.4 Å². The predicted molar refractivity (Wildman–Crippen MR) is 112 cm³/mol. The second-order valence-electron chi connectivity index (χ2n) is 6.86. The van der Waals surface area contributed by atoms with Crippen LogP contribution in [-0.2, 0) is 14.8 Å². The lowest BCUT2D eigenvalue weighted by Crippen LogP contribution is -2.43. The van der Waals surface area contributed by atoms with Crippen molar-refractivity contribution in [3.63, 3.8) is 0 Å². The third-order valence-corrected chi connectivity index (χ3v) is 7.51. The van der Waals surface area contributed by atoms with E-state index in [2.05, 4.69) is 15.3 Å². The highest BCUT2D eigenvalue weighted by Crippen LogP contribution is 2.29. The lowest BCUT2D eigenvalue weighted by atomic mass is 10.2. The second-order valence-corrected chi connectivity index (χ2v) is 9.60. The second kappa shape index (κ2) is 8.02. The Hall–Kier alpha value is -2.62. The molecule has 0 bridgehead atoms. The van der Waals surface area contributed by atoms with E-state index in [0.717, 1.165) is 11.1 Å². The molecule has 29 heavy (non-hydrogen) atoms. The molecule has 1 aliphatic heterocycles. The van der Waals surface area contributed by atoms with Crippen molar-refractivity contribution in [2.24, 2.45) is 0 Å². The Kier molecular flexibility index (Phi) is 5.44. The molecule has 1 unspecified atom stereocenters. The van der Waals surface area contributed by atoms with Crippen LogP contribution in [-0.4, -0.2) is 41.2 Å². The topological polar surface area (TPSA) is 92.3 Å². The molecule has 0 radical (unpaired) electrons. The third kappa shape index (κ3) is 4.07. The molecule has 4 rings (SSSR count). The SMILES string of the molecule is Cc1ccc(S(=O)(=O)N2CCCC2C(=O)Nc2nc(-c3cccnc3)cs2)cc1. The van der Waals surface area contributed by atoms with Crippen molar-refractivity contribution in [2.45, 2.75) is 30.7 Å². The van der Waals surface area contributed by atoms with Gasteiger partial charge in [0, 0.05) is 29.9 Å². The van der Waals surface area contributed by atoms with Crippen LogP contribution in [0.5, 0.6) is 0 Å². The Morgan fingerprint density at radius 3 is 2.76 bits per heavy atom. The van der Waals surface area contributed by atoms with Gasteiger partial charge in [0.1, 0.15) is 6.04 Å². The molecular weight excluding hydrogens is 408 g/mol. The standard InChI is InChI=1S/C20H20N4O3S2/c1-14-6-8-16(9-7-14)29(26,27)24-11-3-5-18(24)19(25)23-20-22-17(13-28-20)15-4-2-10-21-12-15/h2,4,6-10,12-13,18H,3,5,11H2,1H3,(H,22,23,25). The van der Waals surface area contributed by atoms with Gasteiger partial charge in [0.05, 0.1) is 10.6 Å². The van der Waals surface area contributed by atoms with Gasteiger partial charge in [0.2, 0.25) is 15.9 Å². The van der Waals surface area contributed by atoms with Crippen molar-refractivity contribution in [1.82, 2.24) is 14.3 Å². The first-order valence-electron chi connectivity index (χ1n) is 9.20. The summed E-state index contributed by atoms with van der Waals surface area (Å²) >= 11 is 1.30. The maximum absolute atomic E-state index is 13.0. The lowest BCUT2D eigenvalue weighted by Gasteiger charge is -2.23. The maximum Gasteiger partial charge on any atom is 0.244 e. The molecule has 7 nitrogen and oxygen atoms in total. The fourth-order valence-corrected chi connectivity index (χ4v) is 5.68. The van der Waals surface area contributed by atoms with Gasteiger partial charge in [-0.25, -0.2) is 13.4 Å². The summed E-state index contributed by atoms with van der Waals surface area (Å²) in [7, 11) is -3.73. The molecule has 1 aromatic carbocycles. The number of pyridine rings is 1. The highest BCUT2D eigenvalue weighted by Gasteiger charge is 2.39. The molecule has 0 saturated carbocycles. The summed E-state index contributed by atoms with van der Waals surface area (Å²) in [5.74, 6) is -0.356. The smallest absolute Gasteiger partial charge is 0.244 e. The molecule has 2 aromatic heterocycles. The van der Waals surface area contributed by atoms with Gasteiger partial charge in [-0.05, 0) is 44.0 Å². The Balaban J connectivity index is 1.51. The third-order valence-electron chi connectivity index (χ3n) is 4.83. The van der Waals surface area contributed by atoms with Gasteiger partial charge in [-0.15, -0.1) is 11.3 Å². The average molecular weight is 429 g/mol. The lowest BCUT2D eigenvalue weighted by molar-refractivity contribution is -0.119. The Bertz CT molecular complexity index is 1110. The number of sulfonamides is 1. The van der Waals surface area contributed by atoms with E-state index in [-0.39, 0.29) is 10.8 Å². The number of thiazole rings is 1. The molecular formula is C20H20N4O3S2. The summed E-state index contributed by atoms with van der Waals surface area (Å²) in [5, 5.41) is 5.05. The van der Waals surface area contributed by atoms with Crippen LogP contribution in [0.2, 0.25) is 0 Å². The number of carbonyl (C=O) groups excluding carboxylic acids is 1. The number of aromatic nitrogens is 2. The van der Waals surface area contributed by atoms with Crippen molar-refractivity contribution in [3.05, 3.63) is 59.7 Å². The van der Waals surface area contributed by atoms with Gasteiger partial charge in [-0.2, -0.15) is 4.31 Å². The number of benzene rings is 1. The van der Waals surface area contributed by atoms with Crippen molar-refractivity contribution >= 4 is 32.4 Å². The van der Waals surface area contributed by atoms with E-state index < -0.39 is 16.1 Å². The monoisotopic (exact) mass is 428 g/mol. The minimum absolute atomic E-state index is 0.205. The van der Waals surface area contributed by atoms with Gasteiger partial charge in [-0.3, -0.25) is 9.78 Å². The number of nitrogens with zero attached hydrogens (tertiary/aromatic N) is 3. The summed E-state index contributed by atoms with van der Waals surface area (Å²) in [4.78, 5) is 21.5. The fraction of sp³-hybridized carbons (Fsp3) is 0.250. The van der Waals surface area contributed by atoms with E-state index in [0.29, 0.717) is 30.2 Å². The summed E-state index contributed by atoms with van der Waals surface area (Å²) in [6.07, 6.45) is 4.51. The number of carbonyl (C=O) groups is 1. The number of anilines is 1. The van der Waals surface area contributed by atoms with Gasteiger partial charge >= 0.3 is 0 Å². The molecule has 3 heterocycles. The van der Waals surface area contributed by atoms with Crippen molar-refractivity contribution < 1.29 is 13.2 Å². The Morgan fingerprint density at radius 1 is 1.24 bits per heavy atom. The van der Waals surface area contributed by atoms with Gasteiger partial charge in [0.25, 0.3) is 0 Å². The maximum atomic E-state index is 13.0. The van der Waals surface area contributed by atoms with Crippen LogP contribution >= 0.6 is 11.3 Å². The molecule has 0 spiro atoms. The van der Waals surface area contributed by atoms with Gasteiger partial charge < -0.3 is 5.32 Å². The minimum atomic E-state index is -3.73. The summed E-state index contributed by atoms with van der Waals surface area (Å²) in [5.41, 5.74) is 2.55. The molecule has 1 saturated heterocycles. The van der Waals surface area contributed by atoms with Crippen LogP contribution in [0.3, 0.4) is 0 Å². The molecule has 150 valence electrons. The number of nitrogens with one attached hydrogen (secondary N) is 1. The van der Waals surface area contributed by atoms with Crippen LogP contribution in [0, 0.1) is 6.92 Å². The number of hydrogen-bond acceptors (Lipinski definition) is 6. The summed E-state index contributed by atoms with van der Waals surface area (Å²) in [6, 6.07) is 9.64. The highest BCUT2D eigenvalue weighted by atomic mass is 32.2.